The van der Waals surface area contributed by atoms with Crippen molar-refractivity contribution >= 4 is 29.3 Å². The molecule has 0 radical (unpaired) electrons. The van der Waals surface area contributed by atoms with Crippen LogP contribution in [0.1, 0.15) is 30.9 Å². The number of nitrogens with zero attached hydrogens (tertiary/aromatic N) is 1. The first kappa shape index (κ1) is 17.0. The molecule has 1 fully saturated rings. The smallest absolute Gasteiger partial charge is 0.248 e. The van der Waals surface area contributed by atoms with Crippen molar-refractivity contribution in [1.29, 1.82) is 0 Å². The van der Waals surface area contributed by atoms with Gasteiger partial charge in [0.05, 0.1) is 0 Å². The fourth-order valence-electron chi connectivity index (χ4n) is 2.87. The Labute approximate surface area is 148 Å². The maximum Gasteiger partial charge on any atom is 0.248 e. The first-order chi connectivity index (χ1) is 12.2. The zero-order valence-corrected chi connectivity index (χ0v) is 14.4. The monoisotopic (exact) mass is 334 g/mol. The lowest BCUT2D eigenvalue weighted by Gasteiger charge is -2.15. The Morgan fingerprint density at radius 1 is 1.12 bits per heavy atom. The van der Waals surface area contributed by atoms with Crippen LogP contribution in [0.2, 0.25) is 0 Å². The summed E-state index contributed by atoms with van der Waals surface area (Å²) in [5, 5.41) is 2.85. The summed E-state index contributed by atoms with van der Waals surface area (Å²) >= 11 is 0. The maximum atomic E-state index is 12.0. The average Bonchev–Trinajstić information content (AvgIpc) is 3.07. The fraction of sp³-hybridized carbons (Fsp3) is 0.238. The molecule has 2 aromatic rings. The van der Waals surface area contributed by atoms with Gasteiger partial charge in [-0.05, 0) is 54.3 Å². The molecule has 1 heterocycles. The summed E-state index contributed by atoms with van der Waals surface area (Å²) in [6.45, 7) is 2.88. The van der Waals surface area contributed by atoms with Crippen LogP contribution in [0, 0.1) is 0 Å². The minimum atomic E-state index is -0.164. The minimum Gasteiger partial charge on any atom is -0.323 e. The van der Waals surface area contributed by atoms with Gasteiger partial charge in [0.2, 0.25) is 11.8 Å². The SMILES string of the molecule is CCc1ccc(NC(=O)/C=C/c2ccc(N3CCCC3=O)cc2)cc1. The Morgan fingerprint density at radius 3 is 2.44 bits per heavy atom. The van der Waals surface area contributed by atoms with Gasteiger partial charge in [0.15, 0.2) is 0 Å². The zero-order valence-electron chi connectivity index (χ0n) is 14.4. The molecular formula is C21H22N2O2. The second kappa shape index (κ2) is 7.79. The van der Waals surface area contributed by atoms with Crippen LogP contribution >= 0.6 is 0 Å². The van der Waals surface area contributed by atoms with Gasteiger partial charge < -0.3 is 10.2 Å². The summed E-state index contributed by atoms with van der Waals surface area (Å²) in [7, 11) is 0. The van der Waals surface area contributed by atoms with Gasteiger partial charge in [-0.3, -0.25) is 9.59 Å². The predicted octanol–water partition coefficient (Wildman–Crippen LogP) is 4.03. The largest absolute Gasteiger partial charge is 0.323 e. The van der Waals surface area contributed by atoms with Gasteiger partial charge >= 0.3 is 0 Å². The van der Waals surface area contributed by atoms with Crippen molar-refractivity contribution in [2.45, 2.75) is 26.2 Å². The summed E-state index contributed by atoms with van der Waals surface area (Å²) in [5.41, 5.74) is 3.87. The van der Waals surface area contributed by atoms with Crippen LogP contribution in [-0.4, -0.2) is 18.4 Å². The molecule has 4 heteroatoms. The van der Waals surface area contributed by atoms with Crippen molar-refractivity contribution in [3.05, 3.63) is 65.7 Å². The highest BCUT2D eigenvalue weighted by Gasteiger charge is 2.21. The molecule has 2 amide bonds. The number of benzene rings is 2. The van der Waals surface area contributed by atoms with E-state index in [4.69, 9.17) is 0 Å². The molecule has 2 aromatic carbocycles. The van der Waals surface area contributed by atoms with E-state index in [9.17, 15) is 9.59 Å². The maximum absolute atomic E-state index is 12.0. The van der Waals surface area contributed by atoms with E-state index in [-0.39, 0.29) is 11.8 Å². The standard InChI is InChI=1S/C21H22N2O2/c1-2-16-5-10-18(11-6-16)22-20(24)14-9-17-7-12-19(13-8-17)23-15-3-4-21(23)25/h5-14H,2-4,15H2,1H3,(H,22,24)/b14-9+. The van der Waals surface area contributed by atoms with Crippen LogP contribution in [0.4, 0.5) is 11.4 Å². The normalized spacial score (nSPS) is 14.3. The highest BCUT2D eigenvalue weighted by molar-refractivity contribution is 6.02. The van der Waals surface area contributed by atoms with Crippen LogP contribution in [0.25, 0.3) is 6.08 Å². The molecule has 0 unspecified atom stereocenters. The molecule has 0 bridgehead atoms. The lowest BCUT2D eigenvalue weighted by atomic mass is 10.1. The van der Waals surface area contributed by atoms with E-state index in [0.29, 0.717) is 6.42 Å². The molecule has 0 aromatic heterocycles. The van der Waals surface area contributed by atoms with E-state index >= 15 is 0 Å². The van der Waals surface area contributed by atoms with Crippen molar-refractivity contribution in [3.8, 4) is 0 Å². The van der Waals surface area contributed by atoms with E-state index < -0.39 is 0 Å². The van der Waals surface area contributed by atoms with Gasteiger partial charge in [-0.2, -0.15) is 0 Å². The second-order valence-corrected chi connectivity index (χ2v) is 6.11. The molecule has 1 aliphatic rings. The van der Waals surface area contributed by atoms with Crippen LogP contribution in [0.3, 0.4) is 0 Å². The van der Waals surface area contributed by atoms with E-state index in [0.717, 1.165) is 36.3 Å². The number of nitrogens with one attached hydrogen (secondary N) is 1. The Morgan fingerprint density at radius 2 is 1.84 bits per heavy atom. The third-order valence-electron chi connectivity index (χ3n) is 4.34. The summed E-state index contributed by atoms with van der Waals surface area (Å²) in [6, 6.07) is 15.5. The molecule has 3 rings (SSSR count). The molecule has 0 spiro atoms. The van der Waals surface area contributed by atoms with Crippen molar-refractivity contribution in [2.24, 2.45) is 0 Å². The quantitative estimate of drug-likeness (QED) is 0.839. The summed E-state index contributed by atoms with van der Waals surface area (Å²) in [4.78, 5) is 25.6. The van der Waals surface area contributed by atoms with Crippen LogP contribution in [0.15, 0.2) is 54.6 Å². The molecule has 128 valence electrons. The Hall–Kier alpha value is -2.88. The number of aryl methyl sites for hydroxylation is 1. The molecular weight excluding hydrogens is 312 g/mol. The van der Waals surface area contributed by atoms with Crippen molar-refractivity contribution in [3.63, 3.8) is 0 Å². The number of hydrogen-bond donors (Lipinski definition) is 1. The number of rotatable bonds is 5. The molecule has 0 saturated carbocycles. The number of carbonyl (C=O) groups is 2. The number of hydrogen-bond acceptors (Lipinski definition) is 2. The first-order valence-corrected chi connectivity index (χ1v) is 8.64. The third kappa shape index (κ3) is 4.35. The second-order valence-electron chi connectivity index (χ2n) is 6.11. The fourth-order valence-corrected chi connectivity index (χ4v) is 2.87. The minimum absolute atomic E-state index is 0.164. The van der Waals surface area contributed by atoms with E-state index in [1.165, 1.54) is 11.6 Å². The predicted molar refractivity (Wildman–Crippen MR) is 102 cm³/mol. The van der Waals surface area contributed by atoms with Gasteiger partial charge in [-0.25, -0.2) is 0 Å². The van der Waals surface area contributed by atoms with E-state index in [1.54, 1.807) is 11.0 Å². The van der Waals surface area contributed by atoms with Crippen LogP contribution < -0.4 is 10.2 Å². The number of carbonyl (C=O) groups excluding carboxylic acids is 2. The van der Waals surface area contributed by atoms with Gasteiger partial charge in [0.1, 0.15) is 0 Å². The molecule has 1 saturated heterocycles. The molecule has 1 aliphatic heterocycles. The lowest BCUT2D eigenvalue weighted by molar-refractivity contribution is -0.117. The Bertz CT molecular complexity index is 777. The Kier molecular flexibility index (Phi) is 5.29. The molecule has 1 N–H and O–H groups in total. The molecule has 25 heavy (non-hydrogen) atoms. The van der Waals surface area contributed by atoms with Crippen molar-refractivity contribution in [1.82, 2.24) is 0 Å². The number of amides is 2. The molecule has 0 atom stereocenters. The first-order valence-electron chi connectivity index (χ1n) is 8.64. The number of anilines is 2. The summed E-state index contributed by atoms with van der Waals surface area (Å²) in [5.74, 6) is 0.0137. The van der Waals surface area contributed by atoms with Gasteiger partial charge in [0.25, 0.3) is 0 Å². The van der Waals surface area contributed by atoms with E-state index in [2.05, 4.69) is 12.2 Å². The van der Waals surface area contributed by atoms with Gasteiger partial charge in [0, 0.05) is 30.4 Å². The summed E-state index contributed by atoms with van der Waals surface area (Å²) < 4.78 is 0. The third-order valence-corrected chi connectivity index (χ3v) is 4.34. The topological polar surface area (TPSA) is 49.4 Å². The summed E-state index contributed by atoms with van der Waals surface area (Å²) in [6.07, 6.45) is 5.81. The highest BCUT2D eigenvalue weighted by Crippen LogP contribution is 2.22. The van der Waals surface area contributed by atoms with Crippen molar-refractivity contribution < 1.29 is 9.59 Å². The van der Waals surface area contributed by atoms with E-state index in [1.807, 2.05) is 48.5 Å². The van der Waals surface area contributed by atoms with Gasteiger partial charge in [-0.1, -0.05) is 31.2 Å². The van der Waals surface area contributed by atoms with Gasteiger partial charge in [-0.15, -0.1) is 0 Å². The van der Waals surface area contributed by atoms with Crippen LogP contribution in [0.5, 0.6) is 0 Å². The van der Waals surface area contributed by atoms with Crippen molar-refractivity contribution in [2.75, 3.05) is 16.8 Å². The Balaban J connectivity index is 1.59. The molecule has 0 aliphatic carbocycles. The zero-order chi connectivity index (χ0) is 17.6. The van der Waals surface area contributed by atoms with Crippen LogP contribution in [-0.2, 0) is 16.0 Å². The molecule has 4 nitrogen and oxygen atoms in total. The highest BCUT2D eigenvalue weighted by atomic mass is 16.2. The average molecular weight is 334 g/mol. The lowest BCUT2D eigenvalue weighted by Crippen LogP contribution is -2.23.